The Balaban J connectivity index is 1.41. The van der Waals surface area contributed by atoms with E-state index in [9.17, 15) is 0 Å². The third kappa shape index (κ3) is 9.44. The third-order valence-corrected chi connectivity index (χ3v) is 5.46. The lowest BCUT2D eigenvalue weighted by molar-refractivity contribution is 0.292. The smallest absolute Gasteiger partial charge is 0.228 e. The molecule has 4 nitrogen and oxygen atoms in total. The van der Waals surface area contributed by atoms with Gasteiger partial charge in [0.2, 0.25) is 11.8 Å². The molecule has 4 heteroatoms. The molecule has 1 aromatic rings. The molecule has 154 valence electrons. The van der Waals surface area contributed by atoms with Crippen molar-refractivity contribution in [2.75, 3.05) is 24.6 Å². The Labute approximate surface area is 167 Å². The Hall–Kier alpha value is -1.32. The maximum atomic E-state index is 5.87. The zero-order valence-electron chi connectivity index (χ0n) is 17.8. The molecule has 1 saturated heterocycles. The van der Waals surface area contributed by atoms with E-state index in [4.69, 9.17) is 4.74 Å². The van der Waals surface area contributed by atoms with Crippen molar-refractivity contribution in [2.24, 2.45) is 0 Å². The predicted octanol–water partition coefficient (Wildman–Crippen LogP) is 6.47. The van der Waals surface area contributed by atoms with E-state index in [1.807, 2.05) is 13.0 Å². The number of unbranched alkanes of at least 4 members (excludes halogenated alkanes) is 12. The van der Waals surface area contributed by atoms with Gasteiger partial charge in [-0.15, -0.1) is 0 Å². The van der Waals surface area contributed by atoms with Crippen molar-refractivity contribution in [1.29, 1.82) is 0 Å². The van der Waals surface area contributed by atoms with Gasteiger partial charge < -0.3 is 9.64 Å². The van der Waals surface area contributed by atoms with E-state index >= 15 is 0 Å². The zero-order valence-corrected chi connectivity index (χ0v) is 17.8. The monoisotopic (exact) mass is 375 g/mol. The van der Waals surface area contributed by atoms with Gasteiger partial charge in [0.25, 0.3) is 0 Å². The Morgan fingerprint density at radius 2 is 1.37 bits per heavy atom. The highest BCUT2D eigenvalue weighted by Crippen LogP contribution is 2.20. The van der Waals surface area contributed by atoms with Gasteiger partial charge in [-0.1, -0.05) is 84.0 Å². The maximum absolute atomic E-state index is 5.87. The summed E-state index contributed by atoms with van der Waals surface area (Å²) >= 11 is 0. The van der Waals surface area contributed by atoms with Crippen LogP contribution >= 0.6 is 0 Å². The first-order valence-electron chi connectivity index (χ1n) is 11.5. The van der Waals surface area contributed by atoms with Crippen LogP contribution in [0, 0.1) is 6.92 Å². The lowest BCUT2D eigenvalue weighted by atomic mass is 10.0. The average Bonchev–Trinajstić information content (AvgIpc) is 2.60. The molecule has 2 heterocycles. The van der Waals surface area contributed by atoms with E-state index in [1.54, 1.807) is 0 Å². The van der Waals surface area contributed by atoms with Crippen LogP contribution in [-0.2, 0) is 0 Å². The number of hydrogen-bond acceptors (Lipinski definition) is 4. The molecule has 0 unspecified atom stereocenters. The quantitative estimate of drug-likeness (QED) is 0.311. The van der Waals surface area contributed by atoms with Crippen LogP contribution in [-0.4, -0.2) is 29.7 Å². The molecule has 1 aliphatic rings. The summed E-state index contributed by atoms with van der Waals surface area (Å²) in [6.45, 7) is 7.22. The minimum absolute atomic E-state index is 0.739. The highest BCUT2D eigenvalue weighted by atomic mass is 16.5. The molecular formula is C23H41N3O. The molecule has 0 aromatic carbocycles. The highest BCUT2D eigenvalue weighted by molar-refractivity contribution is 5.36. The molecule has 1 fully saturated rings. The summed E-state index contributed by atoms with van der Waals surface area (Å²) in [5, 5.41) is 0. The number of hydrogen-bond donors (Lipinski definition) is 0. The fourth-order valence-electron chi connectivity index (χ4n) is 3.55. The van der Waals surface area contributed by atoms with E-state index in [2.05, 4.69) is 21.8 Å². The van der Waals surface area contributed by atoms with Crippen LogP contribution in [0.1, 0.15) is 103 Å². The largest absolute Gasteiger partial charge is 0.478 e. The topological polar surface area (TPSA) is 38.2 Å². The van der Waals surface area contributed by atoms with E-state index in [1.165, 1.54) is 83.5 Å². The molecule has 1 aromatic heterocycles. The van der Waals surface area contributed by atoms with Crippen molar-refractivity contribution in [3.05, 3.63) is 11.8 Å². The number of anilines is 1. The maximum Gasteiger partial charge on any atom is 0.228 e. The average molecular weight is 376 g/mol. The molecule has 27 heavy (non-hydrogen) atoms. The van der Waals surface area contributed by atoms with E-state index < -0.39 is 0 Å². The number of rotatable bonds is 16. The lowest BCUT2D eigenvalue weighted by Gasteiger charge is -2.31. The van der Waals surface area contributed by atoms with Crippen LogP contribution in [0.25, 0.3) is 0 Å². The van der Waals surface area contributed by atoms with Crippen LogP contribution in [0.15, 0.2) is 6.07 Å². The Bertz CT molecular complexity index is 502. The normalized spacial score (nSPS) is 13.6. The standard InChI is InChI=1S/C23H41N3O/c1-3-4-5-6-7-8-9-10-11-12-13-14-15-19-27-22-20-21(2)24-23(25-22)26-17-16-18-26/h20H,3-19H2,1-2H3. The Morgan fingerprint density at radius 3 is 1.89 bits per heavy atom. The van der Waals surface area contributed by atoms with Crippen LogP contribution in [0.3, 0.4) is 0 Å². The van der Waals surface area contributed by atoms with Crippen LogP contribution in [0.5, 0.6) is 5.88 Å². The number of nitrogens with zero attached hydrogens (tertiary/aromatic N) is 3. The van der Waals surface area contributed by atoms with Gasteiger partial charge in [0.05, 0.1) is 6.61 Å². The van der Waals surface area contributed by atoms with Gasteiger partial charge in [-0.3, -0.25) is 0 Å². The van der Waals surface area contributed by atoms with E-state index in [0.717, 1.165) is 43.6 Å². The van der Waals surface area contributed by atoms with Crippen LogP contribution in [0.4, 0.5) is 5.95 Å². The van der Waals surface area contributed by atoms with Crippen molar-refractivity contribution in [2.45, 2.75) is 104 Å². The number of aryl methyl sites for hydroxylation is 1. The van der Waals surface area contributed by atoms with Crippen molar-refractivity contribution in [3.63, 3.8) is 0 Å². The third-order valence-electron chi connectivity index (χ3n) is 5.46. The van der Waals surface area contributed by atoms with E-state index in [-0.39, 0.29) is 0 Å². The van der Waals surface area contributed by atoms with Gasteiger partial charge in [-0.05, 0) is 19.8 Å². The fourth-order valence-corrected chi connectivity index (χ4v) is 3.55. The summed E-state index contributed by atoms with van der Waals surface area (Å²) in [4.78, 5) is 11.3. The molecule has 0 saturated carbocycles. The second-order valence-electron chi connectivity index (χ2n) is 8.08. The molecule has 0 radical (unpaired) electrons. The summed E-state index contributed by atoms with van der Waals surface area (Å²) in [5.74, 6) is 1.57. The SMILES string of the molecule is CCCCCCCCCCCCCCCOc1cc(C)nc(N2CCC2)n1. The lowest BCUT2D eigenvalue weighted by Crippen LogP contribution is -2.38. The molecule has 0 spiro atoms. The summed E-state index contributed by atoms with van der Waals surface area (Å²) in [6.07, 6.45) is 19.1. The molecule has 0 amide bonds. The summed E-state index contributed by atoms with van der Waals surface area (Å²) in [7, 11) is 0. The number of ether oxygens (including phenoxy) is 1. The minimum atomic E-state index is 0.739. The first-order valence-corrected chi connectivity index (χ1v) is 11.5. The molecule has 0 aliphatic carbocycles. The Kier molecular flexibility index (Phi) is 11.2. The van der Waals surface area contributed by atoms with Gasteiger partial charge in [-0.25, -0.2) is 4.98 Å². The minimum Gasteiger partial charge on any atom is -0.478 e. The molecular weight excluding hydrogens is 334 g/mol. The summed E-state index contributed by atoms with van der Waals surface area (Å²) in [6, 6.07) is 1.95. The van der Waals surface area contributed by atoms with Crippen molar-refractivity contribution >= 4 is 5.95 Å². The first kappa shape index (κ1) is 22.0. The van der Waals surface area contributed by atoms with Gasteiger partial charge in [0, 0.05) is 24.8 Å². The van der Waals surface area contributed by atoms with Crippen molar-refractivity contribution < 1.29 is 4.74 Å². The second-order valence-corrected chi connectivity index (χ2v) is 8.08. The fraction of sp³-hybridized carbons (Fsp3) is 0.826. The zero-order chi connectivity index (χ0) is 19.2. The molecule has 0 N–H and O–H groups in total. The first-order chi connectivity index (χ1) is 13.3. The van der Waals surface area contributed by atoms with Crippen molar-refractivity contribution in [1.82, 2.24) is 9.97 Å². The summed E-state index contributed by atoms with van der Waals surface area (Å²) in [5.41, 5.74) is 0.993. The second kappa shape index (κ2) is 13.8. The predicted molar refractivity (Wildman–Crippen MR) is 115 cm³/mol. The van der Waals surface area contributed by atoms with Crippen molar-refractivity contribution in [3.8, 4) is 5.88 Å². The van der Waals surface area contributed by atoms with Gasteiger partial charge in [0.1, 0.15) is 0 Å². The van der Waals surface area contributed by atoms with Gasteiger partial charge in [0.15, 0.2) is 0 Å². The van der Waals surface area contributed by atoms with Crippen LogP contribution in [0.2, 0.25) is 0 Å². The molecule has 0 atom stereocenters. The van der Waals surface area contributed by atoms with Gasteiger partial charge in [-0.2, -0.15) is 4.98 Å². The molecule has 2 rings (SSSR count). The van der Waals surface area contributed by atoms with E-state index in [0.29, 0.717) is 0 Å². The van der Waals surface area contributed by atoms with Gasteiger partial charge >= 0.3 is 0 Å². The molecule has 1 aliphatic heterocycles. The Morgan fingerprint density at radius 1 is 0.815 bits per heavy atom. The highest BCUT2D eigenvalue weighted by Gasteiger charge is 2.18. The van der Waals surface area contributed by atoms with Crippen LogP contribution < -0.4 is 9.64 Å². The number of aromatic nitrogens is 2. The molecule has 0 bridgehead atoms. The summed E-state index contributed by atoms with van der Waals surface area (Å²) < 4.78 is 5.87.